The number of anilines is 2. The zero-order valence-corrected chi connectivity index (χ0v) is 8.24. The molecular formula is C11H15N3. The van der Waals surface area contributed by atoms with Crippen LogP contribution in [0.2, 0.25) is 0 Å². The van der Waals surface area contributed by atoms with Gasteiger partial charge in [-0.2, -0.15) is 0 Å². The van der Waals surface area contributed by atoms with Crippen LogP contribution in [0.25, 0.3) is 0 Å². The summed E-state index contributed by atoms with van der Waals surface area (Å²) in [5.41, 5.74) is 7.45. The van der Waals surface area contributed by atoms with Gasteiger partial charge in [0, 0.05) is 18.5 Å². The zero-order valence-electron chi connectivity index (χ0n) is 8.24. The second kappa shape index (κ2) is 2.62. The van der Waals surface area contributed by atoms with Crippen molar-refractivity contribution in [3.8, 4) is 0 Å². The smallest absolute Gasteiger partial charge is 0.123 e. The van der Waals surface area contributed by atoms with Crippen LogP contribution in [0.5, 0.6) is 0 Å². The molecule has 3 heteroatoms. The van der Waals surface area contributed by atoms with Crippen LogP contribution in [-0.4, -0.2) is 18.1 Å². The number of nitrogens with two attached hydrogens (primary N) is 1. The lowest BCUT2D eigenvalue weighted by molar-refractivity contribution is 0.0903. The van der Waals surface area contributed by atoms with E-state index in [2.05, 4.69) is 16.0 Å². The van der Waals surface area contributed by atoms with Gasteiger partial charge in [-0.05, 0) is 25.0 Å². The molecule has 0 atom stereocenters. The van der Waals surface area contributed by atoms with Gasteiger partial charge in [-0.15, -0.1) is 0 Å². The van der Waals surface area contributed by atoms with Crippen LogP contribution in [0, 0.1) is 5.41 Å². The minimum absolute atomic E-state index is 0.604. The lowest BCUT2D eigenvalue weighted by Gasteiger charge is -2.56. The van der Waals surface area contributed by atoms with Crippen LogP contribution in [0.15, 0.2) is 18.3 Å². The van der Waals surface area contributed by atoms with E-state index < -0.39 is 0 Å². The molecule has 1 aromatic rings. The Morgan fingerprint density at radius 1 is 1.29 bits per heavy atom. The van der Waals surface area contributed by atoms with Gasteiger partial charge in [0.25, 0.3) is 0 Å². The fraction of sp³-hybridized carbons (Fsp3) is 0.545. The molecular weight excluding hydrogens is 174 g/mol. The largest absolute Gasteiger partial charge is 0.384 e. The molecule has 2 aliphatic rings. The molecule has 2 heterocycles. The van der Waals surface area contributed by atoms with E-state index in [1.807, 2.05) is 12.3 Å². The molecule has 74 valence electrons. The third kappa shape index (κ3) is 1.08. The van der Waals surface area contributed by atoms with Gasteiger partial charge in [-0.1, -0.05) is 6.42 Å². The molecule has 2 N–H and O–H groups in total. The molecule has 0 radical (unpaired) electrons. The fourth-order valence-electron chi connectivity index (χ4n) is 2.52. The molecule has 0 unspecified atom stereocenters. The summed E-state index contributed by atoms with van der Waals surface area (Å²) in [5.74, 6) is 0.604. The van der Waals surface area contributed by atoms with Crippen molar-refractivity contribution in [2.24, 2.45) is 5.41 Å². The molecule has 3 rings (SSSR count). The second-order valence-electron chi connectivity index (χ2n) is 4.65. The van der Waals surface area contributed by atoms with Crippen molar-refractivity contribution < 1.29 is 0 Å². The molecule has 3 nitrogen and oxygen atoms in total. The summed E-state index contributed by atoms with van der Waals surface area (Å²) in [6, 6.07) is 3.94. The van der Waals surface area contributed by atoms with Crippen molar-refractivity contribution in [3.63, 3.8) is 0 Å². The molecule has 1 saturated heterocycles. The minimum atomic E-state index is 0.604. The fourth-order valence-corrected chi connectivity index (χ4v) is 2.52. The average molecular weight is 189 g/mol. The van der Waals surface area contributed by atoms with Crippen molar-refractivity contribution in [3.05, 3.63) is 18.3 Å². The summed E-state index contributed by atoms with van der Waals surface area (Å²) in [6.45, 7) is 2.44. The lowest BCUT2D eigenvalue weighted by Crippen LogP contribution is -2.59. The molecule has 14 heavy (non-hydrogen) atoms. The van der Waals surface area contributed by atoms with Crippen molar-refractivity contribution in [2.75, 3.05) is 23.7 Å². The molecule has 0 amide bonds. The van der Waals surface area contributed by atoms with Gasteiger partial charge < -0.3 is 10.6 Å². The van der Waals surface area contributed by atoms with E-state index in [-0.39, 0.29) is 0 Å². The molecule has 1 aliphatic carbocycles. The van der Waals surface area contributed by atoms with Crippen molar-refractivity contribution >= 4 is 11.5 Å². The van der Waals surface area contributed by atoms with Crippen LogP contribution in [-0.2, 0) is 0 Å². The van der Waals surface area contributed by atoms with Gasteiger partial charge in [0.05, 0.1) is 11.9 Å². The maximum absolute atomic E-state index is 5.55. The molecule has 0 bridgehead atoms. The summed E-state index contributed by atoms with van der Waals surface area (Å²) in [4.78, 5) is 6.50. The van der Waals surface area contributed by atoms with Gasteiger partial charge in [-0.25, -0.2) is 4.98 Å². The summed E-state index contributed by atoms with van der Waals surface area (Å²) in [5, 5.41) is 0. The number of nitrogens with zero attached hydrogens (tertiary/aromatic N) is 2. The third-order valence-electron chi connectivity index (χ3n) is 3.60. The molecule has 1 saturated carbocycles. The first-order chi connectivity index (χ1) is 6.77. The van der Waals surface area contributed by atoms with Crippen LogP contribution in [0.3, 0.4) is 0 Å². The van der Waals surface area contributed by atoms with Gasteiger partial charge in [-0.3, -0.25) is 0 Å². The Bertz CT molecular complexity index is 332. The van der Waals surface area contributed by atoms with Crippen LogP contribution in [0.1, 0.15) is 19.3 Å². The highest BCUT2D eigenvalue weighted by Gasteiger charge is 2.47. The Kier molecular flexibility index (Phi) is 1.52. The standard InChI is InChI=1S/C11H15N3/c12-10-3-2-9(6-13-10)14-7-11(8-14)4-1-5-11/h2-3,6H,1,4-5,7-8H2,(H2,12,13). The van der Waals surface area contributed by atoms with Crippen molar-refractivity contribution in [2.45, 2.75) is 19.3 Å². The number of pyridine rings is 1. The van der Waals surface area contributed by atoms with E-state index in [1.165, 1.54) is 38.0 Å². The first-order valence-electron chi connectivity index (χ1n) is 5.24. The lowest BCUT2D eigenvalue weighted by atomic mass is 9.63. The van der Waals surface area contributed by atoms with Crippen LogP contribution >= 0.6 is 0 Å². The Morgan fingerprint density at radius 2 is 2.07 bits per heavy atom. The van der Waals surface area contributed by atoms with E-state index in [0.717, 1.165) is 0 Å². The normalized spacial score (nSPS) is 23.0. The highest BCUT2D eigenvalue weighted by molar-refractivity contribution is 5.51. The Morgan fingerprint density at radius 3 is 2.57 bits per heavy atom. The van der Waals surface area contributed by atoms with Gasteiger partial charge in [0.1, 0.15) is 5.82 Å². The topological polar surface area (TPSA) is 42.1 Å². The maximum Gasteiger partial charge on any atom is 0.123 e. The Labute approximate surface area is 83.9 Å². The molecule has 1 spiro atoms. The Hall–Kier alpha value is -1.25. The number of hydrogen-bond donors (Lipinski definition) is 1. The van der Waals surface area contributed by atoms with E-state index in [0.29, 0.717) is 11.2 Å². The highest BCUT2D eigenvalue weighted by atomic mass is 15.2. The Balaban J connectivity index is 1.70. The first-order valence-corrected chi connectivity index (χ1v) is 5.24. The first kappa shape index (κ1) is 8.09. The van der Waals surface area contributed by atoms with Crippen LogP contribution < -0.4 is 10.6 Å². The van der Waals surface area contributed by atoms with E-state index >= 15 is 0 Å². The molecule has 1 aliphatic heterocycles. The maximum atomic E-state index is 5.55. The van der Waals surface area contributed by atoms with Gasteiger partial charge in [0.15, 0.2) is 0 Å². The average Bonchev–Trinajstić information content (AvgIpc) is 2.03. The molecule has 1 aromatic heterocycles. The van der Waals surface area contributed by atoms with Gasteiger partial charge >= 0.3 is 0 Å². The van der Waals surface area contributed by atoms with E-state index in [9.17, 15) is 0 Å². The number of aromatic nitrogens is 1. The summed E-state index contributed by atoms with van der Waals surface area (Å²) in [7, 11) is 0. The summed E-state index contributed by atoms with van der Waals surface area (Å²) >= 11 is 0. The van der Waals surface area contributed by atoms with E-state index in [4.69, 9.17) is 5.73 Å². The third-order valence-corrected chi connectivity index (χ3v) is 3.60. The summed E-state index contributed by atoms with van der Waals surface area (Å²) < 4.78 is 0. The molecule has 0 aromatic carbocycles. The predicted octanol–water partition coefficient (Wildman–Crippen LogP) is 1.65. The predicted molar refractivity (Wildman–Crippen MR) is 57.1 cm³/mol. The SMILES string of the molecule is Nc1ccc(N2CC3(CCC3)C2)cn1. The number of hydrogen-bond acceptors (Lipinski definition) is 3. The van der Waals surface area contributed by atoms with E-state index in [1.54, 1.807) is 0 Å². The van der Waals surface area contributed by atoms with Crippen molar-refractivity contribution in [1.29, 1.82) is 0 Å². The minimum Gasteiger partial charge on any atom is -0.384 e. The number of rotatable bonds is 1. The zero-order chi connectivity index (χ0) is 9.60. The summed E-state index contributed by atoms with van der Waals surface area (Å²) in [6.07, 6.45) is 6.15. The highest BCUT2D eigenvalue weighted by Crippen LogP contribution is 2.49. The molecule has 2 fully saturated rings. The second-order valence-corrected chi connectivity index (χ2v) is 4.65. The quantitative estimate of drug-likeness (QED) is 0.730. The van der Waals surface area contributed by atoms with Crippen LogP contribution in [0.4, 0.5) is 11.5 Å². The monoisotopic (exact) mass is 189 g/mol. The number of nitrogen functional groups attached to an aromatic ring is 1. The van der Waals surface area contributed by atoms with Crippen molar-refractivity contribution in [1.82, 2.24) is 4.98 Å². The van der Waals surface area contributed by atoms with Gasteiger partial charge in [0.2, 0.25) is 0 Å².